The molecule has 0 bridgehead atoms. The van der Waals surface area contributed by atoms with Crippen LogP contribution in [0.3, 0.4) is 0 Å². The van der Waals surface area contributed by atoms with Crippen molar-refractivity contribution in [2.45, 2.75) is 13.0 Å². The number of nitriles is 1. The minimum atomic E-state index is -1.12. The van der Waals surface area contributed by atoms with Gasteiger partial charge in [0.1, 0.15) is 17.3 Å². The fraction of sp³-hybridized carbons (Fsp3) is 0.273. The van der Waals surface area contributed by atoms with Crippen LogP contribution in [0.1, 0.15) is 28.5 Å². The zero-order valence-electron chi connectivity index (χ0n) is 18.2. The molecule has 12 heteroatoms. The molecule has 1 atom stereocenters. The summed E-state index contributed by atoms with van der Waals surface area (Å²) in [6, 6.07) is 3.43. The highest BCUT2D eigenvalue weighted by atomic mass is 19.2. The van der Waals surface area contributed by atoms with Gasteiger partial charge in [0, 0.05) is 31.9 Å². The average molecular weight is 466 g/mol. The fourth-order valence-corrected chi connectivity index (χ4v) is 3.68. The molecular formula is C22H20F2N8O2. The maximum Gasteiger partial charge on any atom is 0.255 e. The minimum Gasteiger partial charge on any atom is -0.385 e. The molecular weight excluding hydrogens is 446 g/mol. The molecule has 2 amide bonds. The van der Waals surface area contributed by atoms with Crippen LogP contribution in [-0.2, 0) is 4.79 Å². The van der Waals surface area contributed by atoms with Crippen molar-refractivity contribution in [3.63, 3.8) is 0 Å². The molecule has 0 radical (unpaired) electrons. The van der Waals surface area contributed by atoms with E-state index in [4.69, 9.17) is 10.7 Å². The van der Waals surface area contributed by atoms with Gasteiger partial charge in [0.05, 0.1) is 35.1 Å². The summed E-state index contributed by atoms with van der Waals surface area (Å²) in [6.45, 7) is 2.21. The number of rotatable bonds is 6. The number of hydrogen-bond donors (Lipinski definition) is 4. The Bertz CT molecular complexity index is 1360. The number of nitrogens with one attached hydrogen (secondary N) is 4. The van der Waals surface area contributed by atoms with Crippen LogP contribution >= 0.6 is 0 Å². The minimum absolute atomic E-state index is 0.0379. The molecule has 1 aromatic carbocycles. The zero-order valence-corrected chi connectivity index (χ0v) is 18.2. The van der Waals surface area contributed by atoms with Gasteiger partial charge in [-0.15, -0.1) is 0 Å². The van der Waals surface area contributed by atoms with Gasteiger partial charge < -0.3 is 20.5 Å². The van der Waals surface area contributed by atoms with Crippen molar-refractivity contribution in [2.75, 3.05) is 25.5 Å². The molecule has 174 valence electrons. The number of halogens is 2. The number of anilines is 1. The van der Waals surface area contributed by atoms with E-state index >= 15 is 0 Å². The Kier molecular flexibility index (Phi) is 5.93. The van der Waals surface area contributed by atoms with Crippen molar-refractivity contribution < 1.29 is 18.4 Å². The number of fused-ring (bicyclic) bond motifs is 1. The molecule has 4 N–H and O–H groups in total. The molecule has 34 heavy (non-hydrogen) atoms. The summed E-state index contributed by atoms with van der Waals surface area (Å²) in [5.74, 6) is -3.25. The second kappa shape index (κ2) is 8.86. The topological polar surface area (TPSA) is 151 Å². The Morgan fingerprint density at radius 1 is 1.32 bits per heavy atom. The van der Waals surface area contributed by atoms with E-state index in [1.165, 1.54) is 30.4 Å². The first-order valence-electron chi connectivity index (χ1n) is 10.3. The number of hydrogen-bond acceptors (Lipinski definition) is 7. The van der Waals surface area contributed by atoms with Gasteiger partial charge in [-0.05, 0) is 19.1 Å². The van der Waals surface area contributed by atoms with Gasteiger partial charge >= 0.3 is 0 Å². The third-order valence-corrected chi connectivity index (χ3v) is 5.59. The van der Waals surface area contributed by atoms with Crippen LogP contribution in [0.4, 0.5) is 14.5 Å². The maximum atomic E-state index is 14.2. The lowest BCUT2D eigenvalue weighted by atomic mass is 10.0. The first-order valence-corrected chi connectivity index (χ1v) is 10.3. The Hall–Kier alpha value is -4.40. The first-order chi connectivity index (χ1) is 16.2. The molecule has 1 saturated heterocycles. The summed E-state index contributed by atoms with van der Waals surface area (Å²) in [5.41, 5.74) is 0.224. The first kappa shape index (κ1) is 22.8. The van der Waals surface area contributed by atoms with Crippen molar-refractivity contribution in [3.8, 4) is 6.07 Å². The van der Waals surface area contributed by atoms with Crippen LogP contribution in [0.15, 0.2) is 24.5 Å². The van der Waals surface area contributed by atoms with Crippen LogP contribution in [-0.4, -0.2) is 63.6 Å². The normalized spacial score (nSPS) is 14.3. The number of carbonyl (C=O) groups is 2. The van der Waals surface area contributed by atoms with Gasteiger partial charge in [-0.2, -0.15) is 5.26 Å². The highest BCUT2D eigenvalue weighted by Gasteiger charge is 2.33. The van der Waals surface area contributed by atoms with E-state index in [9.17, 15) is 18.4 Å². The lowest BCUT2D eigenvalue weighted by molar-refractivity contribution is -0.137. The Morgan fingerprint density at radius 3 is 2.74 bits per heavy atom. The summed E-state index contributed by atoms with van der Waals surface area (Å²) in [5, 5.41) is 22.5. The molecule has 1 aliphatic heterocycles. The van der Waals surface area contributed by atoms with Gasteiger partial charge in [-0.3, -0.25) is 15.0 Å². The Balaban J connectivity index is 1.58. The summed E-state index contributed by atoms with van der Waals surface area (Å²) in [7, 11) is 1.40. The molecule has 10 nitrogen and oxygen atoms in total. The van der Waals surface area contributed by atoms with Gasteiger partial charge in [0.15, 0.2) is 17.3 Å². The zero-order chi connectivity index (χ0) is 24.6. The Morgan fingerprint density at radius 2 is 2.06 bits per heavy atom. The summed E-state index contributed by atoms with van der Waals surface area (Å²) >= 11 is 0. The molecule has 0 unspecified atom stereocenters. The predicted molar refractivity (Wildman–Crippen MR) is 118 cm³/mol. The van der Waals surface area contributed by atoms with Crippen LogP contribution in [0.25, 0.3) is 11.2 Å². The molecule has 4 rings (SSSR count). The molecule has 2 aromatic heterocycles. The number of benzene rings is 1. The third kappa shape index (κ3) is 3.92. The monoisotopic (exact) mass is 466 g/mol. The Labute approximate surface area is 192 Å². The molecule has 3 heterocycles. The number of H-pyrrole nitrogens is 1. The standard InChI is InChI=1S/C22H20F2N8O2/c1-10(22(34)32-8-11(5-25)9-32)30-21(33)13-6-28-20-19(13)31-15(7-29-20)17(26)12-3-4-14(23)16(24)18(12)27-2/h3-4,6-7,10-11,26-27H,8-9H2,1-2H3,(H,28,29)(H,30,33)/t10-/m1/s1. The summed E-state index contributed by atoms with van der Waals surface area (Å²) in [4.78, 5) is 38.1. The lowest BCUT2D eigenvalue weighted by Gasteiger charge is -2.37. The number of carbonyl (C=O) groups excluding carboxylic acids is 2. The number of nitrogens with zero attached hydrogens (tertiary/aromatic N) is 4. The van der Waals surface area contributed by atoms with Crippen molar-refractivity contribution in [2.24, 2.45) is 5.92 Å². The van der Waals surface area contributed by atoms with Gasteiger partial charge in [-0.1, -0.05) is 0 Å². The highest BCUT2D eigenvalue weighted by molar-refractivity contribution is 6.14. The highest BCUT2D eigenvalue weighted by Crippen LogP contribution is 2.25. The van der Waals surface area contributed by atoms with Crippen molar-refractivity contribution in [3.05, 3.63) is 53.0 Å². The average Bonchev–Trinajstić information content (AvgIpc) is 3.22. The van der Waals surface area contributed by atoms with Crippen LogP contribution < -0.4 is 10.6 Å². The van der Waals surface area contributed by atoms with E-state index in [-0.39, 0.29) is 51.2 Å². The summed E-state index contributed by atoms with van der Waals surface area (Å²) in [6.07, 6.45) is 2.67. The second-order valence-electron chi connectivity index (χ2n) is 7.83. The number of amides is 2. The third-order valence-electron chi connectivity index (χ3n) is 5.59. The number of aromatic amines is 1. The molecule has 0 spiro atoms. The lowest BCUT2D eigenvalue weighted by Crippen LogP contribution is -2.55. The largest absolute Gasteiger partial charge is 0.385 e. The van der Waals surface area contributed by atoms with Gasteiger partial charge in [0.25, 0.3) is 5.91 Å². The summed E-state index contributed by atoms with van der Waals surface area (Å²) < 4.78 is 27.7. The van der Waals surface area contributed by atoms with Gasteiger partial charge in [0.2, 0.25) is 5.91 Å². The van der Waals surface area contributed by atoms with Crippen LogP contribution in [0.2, 0.25) is 0 Å². The van der Waals surface area contributed by atoms with E-state index in [0.717, 1.165) is 6.07 Å². The molecule has 1 aliphatic rings. The molecule has 0 saturated carbocycles. The molecule has 1 fully saturated rings. The van der Waals surface area contributed by atoms with E-state index in [2.05, 4.69) is 31.7 Å². The van der Waals surface area contributed by atoms with Crippen molar-refractivity contribution >= 4 is 34.4 Å². The number of likely N-dealkylation sites (tertiary alicyclic amines) is 1. The molecule has 0 aliphatic carbocycles. The maximum absolute atomic E-state index is 14.2. The predicted octanol–water partition coefficient (Wildman–Crippen LogP) is 1.79. The smallest absolute Gasteiger partial charge is 0.255 e. The quantitative estimate of drug-likeness (QED) is 0.407. The van der Waals surface area contributed by atoms with E-state index < -0.39 is 23.6 Å². The number of aromatic nitrogens is 3. The SMILES string of the molecule is CNc1c(C(=N)c2cnc3[nH]cc(C(=O)N[C@H](C)C(=O)N4CC(C#N)C4)c3n2)ccc(F)c1F. The van der Waals surface area contributed by atoms with Crippen LogP contribution in [0, 0.1) is 34.3 Å². The van der Waals surface area contributed by atoms with E-state index in [1.807, 2.05) is 0 Å². The van der Waals surface area contributed by atoms with E-state index in [1.54, 1.807) is 6.92 Å². The fourth-order valence-electron chi connectivity index (χ4n) is 3.68. The van der Waals surface area contributed by atoms with Gasteiger partial charge in [-0.25, -0.2) is 18.7 Å². The molecule has 3 aromatic rings. The van der Waals surface area contributed by atoms with Crippen LogP contribution in [0.5, 0.6) is 0 Å². The second-order valence-corrected chi connectivity index (χ2v) is 7.83. The van der Waals surface area contributed by atoms with E-state index in [0.29, 0.717) is 13.1 Å². The van der Waals surface area contributed by atoms with Crippen molar-refractivity contribution in [1.29, 1.82) is 10.7 Å². The van der Waals surface area contributed by atoms with Crippen molar-refractivity contribution in [1.82, 2.24) is 25.2 Å².